The molecule has 3 heteroatoms. The summed E-state index contributed by atoms with van der Waals surface area (Å²) in [5.74, 6) is -0.223. The van der Waals surface area contributed by atoms with Crippen molar-refractivity contribution < 1.29 is 4.39 Å². The van der Waals surface area contributed by atoms with Crippen LogP contribution in [-0.2, 0) is 0 Å². The van der Waals surface area contributed by atoms with Crippen molar-refractivity contribution in [3.63, 3.8) is 0 Å². The zero-order valence-electron chi connectivity index (χ0n) is 27.5. The van der Waals surface area contributed by atoms with Crippen LogP contribution in [0.15, 0.2) is 150 Å². The molecule has 6 aromatic rings. The molecule has 0 N–H and O–H groups in total. The molecule has 0 saturated heterocycles. The Morgan fingerprint density at radius 3 is 0.958 bits per heavy atom. The van der Waals surface area contributed by atoms with Gasteiger partial charge in [0, 0.05) is 4.47 Å². The van der Waals surface area contributed by atoms with Crippen LogP contribution in [-0.4, -0.2) is 0 Å². The summed E-state index contributed by atoms with van der Waals surface area (Å²) in [5.41, 5.74) is 8.04. The first-order valence-corrected chi connectivity index (χ1v) is 18.3. The van der Waals surface area contributed by atoms with Crippen LogP contribution in [0.4, 0.5) is 4.39 Å². The van der Waals surface area contributed by atoms with Crippen LogP contribution in [0, 0.1) is 12.7 Å². The highest BCUT2D eigenvalue weighted by atomic mass is 79.9. The summed E-state index contributed by atoms with van der Waals surface area (Å²) >= 11 is 3.51. The van der Waals surface area contributed by atoms with Crippen molar-refractivity contribution in [2.45, 2.75) is 20.8 Å². The monoisotopic (exact) mass is 708 g/mol. The molecule has 0 bridgehead atoms. The van der Waals surface area contributed by atoms with Crippen LogP contribution in [0.25, 0.3) is 36.5 Å². The third-order valence-electron chi connectivity index (χ3n) is 7.68. The summed E-state index contributed by atoms with van der Waals surface area (Å²) in [7, 11) is -0.773. The van der Waals surface area contributed by atoms with E-state index in [9.17, 15) is 4.39 Å². The van der Waals surface area contributed by atoms with Gasteiger partial charge in [-0.15, -0.1) is 0 Å². The lowest BCUT2D eigenvalue weighted by molar-refractivity contribution is 0.628. The van der Waals surface area contributed by atoms with E-state index in [1.165, 1.54) is 55.9 Å². The second-order valence-corrected chi connectivity index (χ2v) is 14.3. The normalized spacial score (nSPS) is 11.9. The molecular weight excluding hydrogens is 670 g/mol. The molecule has 1 atom stereocenters. The molecule has 0 nitrogen and oxygen atoms in total. The van der Waals surface area contributed by atoms with Gasteiger partial charge in [0.2, 0.25) is 0 Å². The molecule has 0 heterocycles. The molecule has 48 heavy (non-hydrogen) atoms. The van der Waals surface area contributed by atoms with Crippen molar-refractivity contribution in [3.05, 3.63) is 195 Å². The second kappa shape index (κ2) is 17.5. The average molecular weight is 710 g/mol. The summed E-state index contributed by atoms with van der Waals surface area (Å²) in [4.78, 5) is 0. The summed E-state index contributed by atoms with van der Waals surface area (Å²) in [5, 5.41) is 3.89. The lowest BCUT2D eigenvalue weighted by Crippen LogP contribution is -2.20. The van der Waals surface area contributed by atoms with Crippen LogP contribution in [0.2, 0.25) is 0 Å². The Bertz CT molecular complexity index is 1720. The van der Waals surface area contributed by atoms with E-state index < -0.39 is 7.92 Å². The molecule has 0 fully saturated rings. The minimum Gasteiger partial charge on any atom is -0.207 e. The van der Waals surface area contributed by atoms with Crippen molar-refractivity contribution in [1.82, 2.24) is 0 Å². The quantitative estimate of drug-likeness (QED) is 0.104. The molecule has 238 valence electrons. The SMILES string of the molecule is CC.Cc1ccc(/C=C/c2ccc(P(c3ccc(/C=C/c4ccc(F)cc4)cc3)c3ccc(/C=C/c4ccc(Br)cc4)cc3)cc2)cc1. The van der Waals surface area contributed by atoms with Gasteiger partial charge >= 0.3 is 0 Å². The smallest absolute Gasteiger partial charge is 0.123 e. The van der Waals surface area contributed by atoms with Crippen molar-refractivity contribution >= 4 is 76.2 Å². The molecule has 0 saturated carbocycles. The number of hydrogen-bond acceptors (Lipinski definition) is 0. The zero-order chi connectivity index (χ0) is 33.7. The Morgan fingerprint density at radius 1 is 0.396 bits per heavy atom. The number of aryl methyl sites for hydroxylation is 1. The van der Waals surface area contributed by atoms with E-state index in [-0.39, 0.29) is 5.82 Å². The first-order valence-electron chi connectivity index (χ1n) is 16.2. The molecular formula is C45H39BrFP. The van der Waals surface area contributed by atoms with Crippen LogP contribution < -0.4 is 15.9 Å². The molecule has 0 amide bonds. The Hall–Kier alpha value is -4.62. The predicted molar refractivity (Wildman–Crippen MR) is 215 cm³/mol. The van der Waals surface area contributed by atoms with E-state index >= 15 is 0 Å². The lowest BCUT2D eigenvalue weighted by Gasteiger charge is -2.20. The second-order valence-electron chi connectivity index (χ2n) is 11.1. The fraction of sp³-hybridized carbons (Fsp3) is 0.0667. The van der Waals surface area contributed by atoms with Gasteiger partial charge < -0.3 is 0 Å². The van der Waals surface area contributed by atoms with Crippen molar-refractivity contribution in [1.29, 1.82) is 0 Å². The molecule has 1 unspecified atom stereocenters. The molecule has 6 aromatic carbocycles. The number of rotatable bonds is 9. The van der Waals surface area contributed by atoms with E-state index in [4.69, 9.17) is 0 Å². The first-order chi connectivity index (χ1) is 23.5. The summed E-state index contributed by atoms with van der Waals surface area (Å²) in [6.45, 7) is 6.11. The van der Waals surface area contributed by atoms with E-state index in [0.717, 1.165) is 15.6 Å². The maximum Gasteiger partial charge on any atom is 0.123 e. The van der Waals surface area contributed by atoms with E-state index in [1.54, 1.807) is 12.1 Å². The predicted octanol–water partition coefficient (Wildman–Crippen LogP) is 12.2. The summed E-state index contributed by atoms with van der Waals surface area (Å²) < 4.78 is 14.4. The standard InChI is InChI=1S/C43H33BrFP.C2H6/c1-32-2-4-33(5-3-32)6-9-36-16-26-41(27-17-36)46(42-28-18-37(19-29-42)10-7-34-12-22-39(44)23-13-34)43-30-20-38(21-31-43)11-8-35-14-24-40(45)25-15-35;1-2/h2-31H,1H3;1-2H3/b9-6+,10-7+,11-8+;. The van der Waals surface area contributed by atoms with Gasteiger partial charge in [0.1, 0.15) is 5.82 Å². The molecule has 0 spiro atoms. The topological polar surface area (TPSA) is 0 Å². The fourth-order valence-electron chi connectivity index (χ4n) is 5.05. The van der Waals surface area contributed by atoms with E-state index in [1.807, 2.05) is 19.9 Å². The largest absolute Gasteiger partial charge is 0.207 e. The molecule has 0 aromatic heterocycles. The highest BCUT2D eigenvalue weighted by Crippen LogP contribution is 2.33. The highest BCUT2D eigenvalue weighted by Gasteiger charge is 2.16. The van der Waals surface area contributed by atoms with Gasteiger partial charge in [0.15, 0.2) is 0 Å². The maximum absolute atomic E-state index is 13.3. The van der Waals surface area contributed by atoms with Crippen molar-refractivity contribution in [2.75, 3.05) is 0 Å². The Labute approximate surface area is 294 Å². The minimum atomic E-state index is -0.773. The van der Waals surface area contributed by atoms with Gasteiger partial charge in [-0.2, -0.15) is 0 Å². The van der Waals surface area contributed by atoms with Crippen molar-refractivity contribution in [2.24, 2.45) is 0 Å². The summed E-state index contributed by atoms with van der Waals surface area (Å²) in [6, 6.07) is 50.2. The third-order valence-corrected chi connectivity index (χ3v) is 10.6. The molecule has 0 aliphatic heterocycles. The Balaban J connectivity index is 0.00000221. The highest BCUT2D eigenvalue weighted by molar-refractivity contribution is 9.10. The van der Waals surface area contributed by atoms with Gasteiger partial charge in [-0.05, 0) is 88.4 Å². The fourth-order valence-corrected chi connectivity index (χ4v) is 7.55. The molecule has 0 aliphatic carbocycles. The number of benzene rings is 6. The third kappa shape index (κ3) is 9.94. The molecule has 0 radical (unpaired) electrons. The van der Waals surface area contributed by atoms with Gasteiger partial charge in [-0.3, -0.25) is 0 Å². The van der Waals surface area contributed by atoms with Gasteiger partial charge in [-0.25, -0.2) is 4.39 Å². The molecule has 0 aliphatic rings. The first kappa shape index (κ1) is 34.7. The number of hydrogen-bond donors (Lipinski definition) is 0. The lowest BCUT2D eigenvalue weighted by atomic mass is 10.1. The van der Waals surface area contributed by atoms with Crippen LogP contribution in [0.3, 0.4) is 0 Å². The van der Waals surface area contributed by atoms with E-state index in [0.29, 0.717) is 0 Å². The van der Waals surface area contributed by atoms with Crippen LogP contribution >= 0.6 is 23.9 Å². The zero-order valence-corrected chi connectivity index (χ0v) is 30.0. The average Bonchev–Trinajstić information content (AvgIpc) is 3.13. The molecule has 6 rings (SSSR count). The summed E-state index contributed by atoms with van der Waals surface area (Å²) in [6.07, 6.45) is 12.7. The minimum absolute atomic E-state index is 0.223. The van der Waals surface area contributed by atoms with Crippen LogP contribution in [0.5, 0.6) is 0 Å². The van der Waals surface area contributed by atoms with Gasteiger partial charge in [0.05, 0.1) is 0 Å². The Kier molecular flexibility index (Phi) is 12.7. The Morgan fingerprint density at radius 2 is 0.646 bits per heavy atom. The van der Waals surface area contributed by atoms with Crippen LogP contribution in [0.1, 0.15) is 52.8 Å². The number of halogens is 2. The van der Waals surface area contributed by atoms with Gasteiger partial charge in [0.25, 0.3) is 0 Å². The maximum atomic E-state index is 13.3. The van der Waals surface area contributed by atoms with E-state index in [2.05, 4.69) is 175 Å². The van der Waals surface area contributed by atoms with Crippen molar-refractivity contribution in [3.8, 4) is 0 Å². The van der Waals surface area contributed by atoms with Gasteiger partial charge in [-0.1, -0.05) is 193 Å².